The highest BCUT2D eigenvalue weighted by atomic mass is 32.1. The van der Waals surface area contributed by atoms with Crippen molar-refractivity contribution in [3.63, 3.8) is 0 Å². The quantitative estimate of drug-likeness (QED) is 0.632. The Balaban J connectivity index is 1.60. The first-order valence-electron chi connectivity index (χ1n) is 9.01. The van der Waals surface area contributed by atoms with Crippen LogP contribution in [0.5, 0.6) is 5.75 Å². The van der Waals surface area contributed by atoms with Crippen LogP contribution in [0.25, 0.3) is 16.8 Å². The van der Waals surface area contributed by atoms with Crippen molar-refractivity contribution in [2.75, 3.05) is 13.7 Å². The van der Waals surface area contributed by atoms with Gasteiger partial charge in [0.05, 0.1) is 31.0 Å². The van der Waals surface area contributed by atoms with Crippen molar-refractivity contribution < 1.29 is 9.84 Å². The molecule has 5 nitrogen and oxygen atoms in total. The maximum atomic E-state index is 10.6. The molecule has 2 N–H and O–H groups in total. The van der Waals surface area contributed by atoms with Crippen molar-refractivity contribution in [3.8, 4) is 17.0 Å². The average molecular weight is 391 g/mol. The van der Waals surface area contributed by atoms with E-state index >= 15 is 0 Å². The van der Waals surface area contributed by atoms with Crippen LogP contribution in [0.1, 0.15) is 23.5 Å². The summed E-state index contributed by atoms with van der Waals surface area (Å²) in [5, 5.41) is 21.8. The number of ether oxygens (including phenoxy) is 1. The summed E-state index contributed by atoms with van der Waals surface area (Å²) in [4.78, 5) is 6.58. The minimum absolute atomic E-state index is 0.00818. The fourth-order valence-corrected chi connectivity index (χ4v) is 4.27. The molecule has 1 aliphatic heterocycles. The summed E-state index contributed by atoms with van der Waals surface area (Å²) < 4.78 is 5.29. The zero-order valence-electron chi connectivity index (χ0n) is 15.7. The molecule has 0 saturated heterocycles. The molecular formula is C22H21N3O2S. The lowest BCUT2D eigenvalue weighted by atomic mass is 10.1. The number of nitrogens with zero attached hydrogens (tertiary/aromatic N) is 2. The van der Waals surface area contributed by atoms with Crippen molar-refractivity contribution in [2.45, 2.75) is 13.0 Å². The third-order valence-corrected chi connectivity index (χ3v) is 5.83. The Kier molecular flexibility index (Phi) is 4.88. The van der Waals surface area contributed by atoms with E-state index in [0.717, 1.165) is 22.6 Å². The molecule has 4 rings (SSSR count). The van der Waals surface area contributed by atoms with Crippen LogP contribution in [-0.4, -0.2) is 34.5 Å². The van der Waals surface area contributed by atoms with Gasteiger partial charge >= 0.3 is 0 Å². The van der Waals surface area contributed by atoms with Gasteiger partial charge in [-0.1, -0.05) is 42.5 Å². The molecule has 2 heterocycles. The summed E-state index contributed by atoms with van der Waals surface area (Å²) in [5.74, 6) is 1.27. The van der Waals surface area contributed by atoms with E-state index in [1.807, 2.05) is 71.8 Å². The van der Waals surface area contributed by atoms with Crippen molar-refractivity contribution in [3.05, 3.63) is 76.3 Å². The third kappa shape index (κ3) is 3.27. The van der Waals surface area contributed by atoms with E-state index in [2.05, 4.69) is 4.98 Å². The molecular weight excluding hydrogens is 370 g/mol. The van der Waals surface area contributed by atoms with Gasteiger partial charge in [-0.3, -0.25) is 5.41 Å². The number of amidine groups is 1. The molecule has 3 aromatic rings. The molecule has 1 atom stereocenters. The minimum atomic E-state index is -0.00818. The summed E-state index contributed by atoms with van der Waals surface area (Å²) in [7, 11) is 1.64. The second kappa shape index (κ2) is 7.48. The van der Waals surface area contributed by atoms with Crippen LogP contribution in [0.2, 0.25) is 0 Å². The van der Waals surface area contributed by atoms with Crippen LogP contribution < -0.4 is 4.74 Å². The number of aliphatic hydroxyl groups excluding tert-OH is 1. The van der Waals surface area contributed by atoms with E-state index in [1.165, 1.54) is 11.3 Å². The summed E-state index contributed by atoms with van der Waals surface area (Å²) in [5.41, 5.74) is 3.38. The lowest BCUT2D eigenvalue weighted by molar-refractivity contribution is 0.310. The van der Waals surface area contributed by atoms with Gasteiger partial charge in [-0.2, -0.15) is 0 Å². The highest BCUT2D eigenvalue weighted by Gasteiger charge is 2.33. The van der Waals surface area contributed by atoms with Crippen molar-refractivity contribution in [2.24, 2.45) is 0 Å². The molecule has 142 valence electrons. The van der Waals surface area contributed by atoms with Gasteiger partial charge in [0.1, 0.15) is 22.4 Å². The van der Waals surface area contributed by atoms with Gasteiger partial charge in [0.2, 0.25) is 0 Å². The topological polar surface area (TPSA) is 69.4 Å². The van der Waals surface area contributed by atoms with Crippen LogP contribution in [0.3, 0.4) is 0 Å². The first kappa shape index (κ1) is 18.3. The number of aromatic nitrogens is 1. The Morgan fingerprint density at radius 1 is 1.18 bits per heavy atom. The van der Waals surface area contributed by atoms with Crippen LogP contribution in [0.4, 0.5) is 0 Å². The van der Waals surface area contributed by atoms with Gasteiger partial charge in [0.25, 0.3) is 0 Å². The lowest BCUT2D eigenvalue weighted by Crippen LogP contribution is -2.29. The van der Waals surface area contributed by atoms with Crippen LogP contribution in [0, 0.1) is 5.41 Å². The Hall–Kier alpha value is -3.12. The zero-order valence-corrected chi connectivity index (χ0v) is 16.5. The molecule has 1 aromatic heterocycles. The molecule has 28 heavy (non-hydrogen) atoms. The summed E-state index contributed by atoms with van der Waals surface area (Å²) in [6.45, 7) is 2.36. The van der Waals surface area contributed by atoms with Crippen LogP contribution in [0.15, 0.2) is 65.7 Å². The lowest BCUT2D eigenvalue weighted by Gasteiger charge is -2.26. The van der Waals surface area contributed by atoms with Crippen molar-refractivity contribution in [1.29, 1.82) is 5.41 Å². The van der Waals surface area contributed by atoms with Gasteiger partial charge in [0, 0.05) is 10.9 Å². The van der Waals surface area contributed by atoms with Gasteiger partial charge in [-0.25, -0.2) is 4.98 Å². The summed E-state index contributed by atoms with van der Waals surface area (Å²) >= 11 is 1.43. The molecule has 0 amide bonds. The standard InChI is InChI=1S/C22H21N3O2S/c1-14(15-7-4-3-5-8-15)25-12-19(26)20(21(25)23)22-24-18(13-28-22)16-9-6-10-17(11-16)27-2/h3-11,13-14,23,26H,12H2,1-2H3/t14-/m1/s1. The molecule has 2 aromatic carbocycles. The maximum Gasteiger partial charge on any atom is 0.135 e. The van der Waals surface area contributed by atoms with E-state index in [-0.39, 0.29) is 11.8 Å². The first-order chi connectivity index (χ1) is 13.6. The second-order valence-electron chi connectivity index (χ2n) is 6.65. The number of benzene rings is 2. The molecule has 0 bridgehead atoms. The Bertz CT molecular complexity index is 1040. The van der Waals surface area contributed by atoms with Crippen LogP contribution in [-0.2, 0) is 0 Å². The number of nitrogens with one attached hydrogen (secondary N) is 1. The highest BCUT2D eigenvalue weighted by molar-refractivity contribution is 7.11. The van der Waals surface area contributed by atoms with Gasteiger partial charge in [0.15, 0.2) is 0 Å². The predicted octanol–water partition coefficient (Wildman–Crippen LogP) is 5.14. The molecule has 0 unspecified atom stereocenters. The molecule has 0 aliphatic carbocycles. The zero-order chi connectivity index (χ0) is 19.7. The Labute approximate surface area is 168 Å². The van der Waals surface area contributed by atoms with Gasteiger partial charge < -0.3 is 14.7 Å². The number of hydrogen-bond acceptors (Lipinski definition) is 5. The normalized spacial score (nSPS) is 15.2. The highest BCUT2D eigenvalue weighted by Crippen LogP contribution is 2.36. The molecule has 0 radical (unpaired) electrons. The fourth-order valence-electron chi connectivity index (χ4n) is 3.37. The van der Waals surface area contributed by atoms with E-state index < -0.39 is 0 Å². The van der Waals surface area contributed by atoms with Crippen LogP contribution >= 0.6 is 11.3 Å². The predicted molar refractivity (Wildman–Crippen MR) is 113 cm³/mol. The van der Waals surface area contributed by atoms with E-state index in [1.54, 1.807) is 7.11 Å². The number of aliphatic hydroxyl groups is 1. The summed E-state index contributed by atoms with van der Waals surface area (Å²) in [6, 6.07) is 17.7. The molecule has 0 spiro atoms. The second-order valence-corrected chi connectivity index (χ2v) is 7.51. The summed E-state index contributed by atoms with van der Waals surface area (Å²) in [6.07, 6.45) is 0. The minimum Gasteiger partial charge on any atom is -0.510 e. The Morgan fingerprint density at radius 2 is 1.96 bits per heavy atom. The van der Waals surface area contributed by atoms with E-state index in [4.69, 9.17) is 10.1 Å². The average Bonchev–Trinajstić information content (AvgIpc) is 3.32. The van der Waals surface area contributed by atoms with Crippen molar-refractivity contribution >= 4 is 22.7 Å². The smallest absolute Gasteiger partial charge is 0.135 e. The van der Waals surface area contributed by atoms with E-state index in [0.29, 0.717) is 23.0 Å². The first-order valence-corrected chi connectivity index (χ1v) is 9.89. The largest absolute Gasteiger partial charge is 0.510 e. The SMILES string of the molecule is COc1cccc(-c2csc(C3=C(O)CN([C@H](C)c4ccccc4)C3=N)n2)c1. The number of methoxy groups -OCH3 is 1. The maximum absolute atomic E-state index is 10.6. The number of thiazole rings is 1. The molecule has 0 fully saturated rings. The molecule has 6 heteroatoms. The fraction of sp³-hybridized carbons (Fsp3) is 0.182. The number of rotatable bonds is 5. The third-order valence-electron chi connectivity index (χ3n) is 4.97. The van der Waals surface area contributed by atoms with E-state index in [9.17, 15) is 5.11 Å². The molecule has 0 saturated carbocycles. The Morgan fingerprint density at radius 3 is 2.71 bits per heavy atom. The van der Waals surface area contributed by atoms with Gasteiger partial charge in [-0.05, 0) is 24.6 Å². The van der Waals surface area contributed by atoms with Crippen molar-refractivity contribution in [1.82, 2.24) is 9.88 Å². The monoisotopic (exact) mass is 391 g/mol. The number of hydrogen-bond donors (Lipinski definition) is 2. The van der Waals surface area contributed by atoms with Gasteiger partial charge in [-0.15, -0.1) is 11.3 Å². The molecule has 1 aliphatic rings.